The summed E-state index contributed by atoms with van der Waals surface area (Å²) < 4.78 is 12.9. The van der Waals surface area contributed by atoms with E-state index in [4.69, 9.17) is 0 Å². The van der Waals surface area contributed by atoms with Crippen LogP contribution in [0.15, 0.2) is 54.6 Å². The van der Waals surface area contributed by atoms with Crippen molar-refractivity contribution in [3.63, 3.8) is 0 Å². The maximum absolute atomic E-state index is 12.9. The van der Waals surface area contributed by atoms with E-state index in [0.29, 0.717) is 5.92 Å². The summed E-state index contributed by atoms with van der Waals surface area (Å²) in [6, 6.07) is 16.1. The molecule has 0 spiro atoms. The monoisotopic (exact) mass is 299 g/mol. The van der Waals surface area contributed by atoms with E-state index in [9.17, 15) is 9.18 Å². The smallest absolute Gasteiger partial charge is 0.224 e. The number of hydrogen-bond acceptors (Lipinski definition) is 1. The van der Waals surface area contributed by atoms with E-state index >= 15 is 0 Å². The van der Waals surface area contributed by atoms with Gasteiger partial charge in [-0.15, -0.1) is 0 Å². The number of rotatable bonds is 6. The Morgan fingerprint density at radius 2 is 1.68 bits per heavy atom. The van der Waals surface area contributed by atoms with Crippen LogP contribution in [-0.2, 0) is 11.2 Å². The lowest BCUT2D eigenvalue weighted by molar-refractivity contribution is -0.121. The fourth-order valence-corrected chi connectivity index (χ4v) is 2.47. The molecule has 0 unspecified atom stereocenters. The maximum atomic E-state index is 12.9. The first-order valence-electron chi connectivity index (χ1n) is 7.63. The van der Waals surface area contributed by atoms with E-state index in [0.717, 1.165) is 17.5 Å². The summed E-state index contributed by atoms with van der Waals surface area (Å²) in [6.45, 7) is 4.28. The molecular weight excluding hydrogens is 277 g/mol. The van der Waals surface area contributed by atoms with Crippen LogP contribution in [0.1, 0.15) is 37.4 Å². The van der Waals surface area contributed by atoms with Gasteiger partial charge >= 0.3 is 0 Å². The molecule has 116 valence electrons. The van der Waals surface area contributed by atoms with Crippen molar-refractivity contribution in [3.8, 4) is 0 Å². The normalized spacial score (nSPS) is 12.2. The number of halogens is 1. The van der Waals surface area contributed by atoms with Gasteiger partial charge in [0.1, 0.15) is 5.82 Å². The van der Waals surface area contributed by atoms with Gasteiger partial charge in [-0.3, -0.25) is 4.79 Å². The van der Waals surface area contributed by atoms with Crippen LogP contribution < -0.4 is 5.32 Å². The largest absolute Gasteiger partial charge is 0.349 e. The first kappa shape index (κ1) is 16.2. The first-order valence-corrected chi connectivity index (χ1v) is 7.63. The van der Waals surface area contributed by atoms with Gasteiger partial charge in [0.15, 0.2) is 0 Å². The highest BCUT2D eigenvalue weighted by Crippen LogP contribution is 2.21. The van der Waals surface area contributed by atoms with Crippen LogP contribution in [0.4, 0.5) is 4.39 Å². The van der Waals surface area contributed by atoms with Crippen LogP contribution in [0.25, 0.3) is 0 Å². The zero-order valence-electron chi connectivity index (χ0n) is 13.1. The zero-order valence-corrected chi connectivity index (χ0v) is 13.1. The highest BCUT2D eigenvalue weighted by Gasteiger charge is 2.16. The Morgan fingerprint density at radius 3 is 2.27 bits per heavy atom. The van der Waals surface area contributed by atoms with Crippen molar-refractivity contribution in [2.24, 2.45) is 5.92 Å². The fraction of sp³-hybridized carbons (Fsp3) is 0.316. The van der Waals surface area contributed by atoms with Crippen molar-refractivity contribution >= 4 is 5.91 Å². The summed E-state index contributed by atoms with van der Waals surface area (Å²) in [5.74, 6) is 0.156. The number of carbonyl (C=O) groups excluding carboxylic acids is 1. The van der Waals surface area contributed by atoms with E-state index in [1.807, 2.05) is 30.3 Å². The first-order chi connectivity index (χ1) is 10.5. The van der Waals surface area contributed by atoms with Crippen molar-refractivity contribution in [2.75, 3.05) is 0 Å². The molecule has 0 heterocycles. The predicted octanol–water partition coefficient (Wildman–Crippen LogP) is 4.27. The molecule has 2 aromatic carbocycles. The molecule has 0 saturated carbocycles. The number of carbonyl (C=O) groups is 1. The van der Waals surface area contributed by atoms with Gasteiger partial charge in [0.25, 0.3) is 0 Å². The van der Waals surface area contributed by atoms with Crippen LogP contribution in [0.3, 0.4) is 0 Å². The minimum absolute atomic E-state index is 0.00847. The molecule has 0 saturated heterocycles. The lowest BCUT2D eigenvalue weighted by Crippen LogP contribution is -2.30. The van der Waals surface area contributed by atoms with Crippen LogP contribution in [0, 0.1) is 11.7 Å². The second-order valence-electron chi connectivity index (χ2n) is 5.96. The second-order valence-corrected chi connectivity index (χ2v) is 5.96. The highest BCUT2D eigenvalue weighted by molar-refractivity contribution is 5.79. The van der Waals surface area contributed by atoms with E-state index in [1.165, 1.54) is 12.1 Å². The van der Waals surface area contributed by atoms with Gasteiger partial charge in [0, 0.05) is 0 Å². The molecule has 1 atom stereocenters. The van der Waals surface area contributed by atoms with Crippen molar-refractivity contribution in [3.05, 3.63) is 71.5 Å². The molecule has 1 amide bonds. The summed E-state index contributed by atoms with van der Waals surface area (Å²) in [6.07, 6.45) is 1.15. The molecule has 0 bridgehead atoms. The molecule has 0 aliphatic rings. The minimum atomic E-state index is -0.286. The van der Waals surface area contributed by atoms with Crippen molar-refractivity contribution in [1.82, 2.24) is 5.32 Å². The Kier molecular flexibility index (Phi) is 5.70. The summed E-state index contributed by atoms with van der Waals surface area (Å²) in [5, 5.41) is 3.10. The molecule has 2 nitrogen and oxygen atoms in total. The van der Waals surface area contributed by atoms with Gasteiger partial charge in [-0.05, 0) is 35.6 Å². The van der Waals surface area contributed by atoms with E-state index < -0.39 is 0 Å². The molecule has 0 radical (unpaired) electrons. The SMILES string of the molecule is CC(C)C[C@@H](NC(=O)Cc1ccc(F)cc1)c1ccccc1. The Balaban J connectivity index is 2.03. The Morgan fingerprint density at radius 1 is 1.05 bits per heavy atom. The average Bonchev–Trinajstić information content (AvgIpc) is 2.49. The summed E-state index contributed by atoms with van der Waals surface area (Å²) >= 11 is 0. The second kappa shape index (κ2) is 7.74. The average molecular weight is 299 g/mol. The maximum Gasteiger partial charge on any atom is 0.224 e. The predicted molar refractivity (Wildman–Crippen MR) is 86.9 cm³/mol. The topological polar surface area (TPSA) is 29.1 Å². The summed E-state index contributed by atoms with van der Waals surface area (Å²) in [7, 11) is 0. The molecule has 0 fully saturated rings. The lowest BCUT2D eigenvalue weighted by atomic mass is 9.96. The van der Waals surface area contributed by atoms with Gasteiger partial charge in [-0.25, -0.2) is 4.39 Å². The Hall–Kier alpha value is -2.16. The standard InChI is InChI=1S/C19H22FNO/c1-14(2)12-18(16-6-4-3-5-7-16)21-19(22)13-15-8-10-17(20)11-9-15/h3-11,14,18H,12-13H2,1-2H3,(H,21,22)/t18-/m1/s1. The lowest BCUT2D eigenvalue weighted by Gasteiger charge is -2.21. The van der Waals surface area contributed by atoms with Crippen molar-refractivity contribution in [1.29, 1.82) is 0 Å². The molecular formula is C19H22FNO. The van der Waals surface area contributed by atoms with Gasteiger partial charge in [-0.1, -0.05) is 56.3 Å². The Bertz CT molecular complexity index is 593. The van der Waals surface area contributed by atoms with E-state index in [2.05, 4.69) is 19.2 Å². The van der Waals surface area contributed by atoms with Crippen LogP contribution in [0.5, 0.6) is 0 Å². The van der Waals surface area contributed by atoms with Crippen LogP contribution in [-0.4, -0.2) is 5.91 Å². The van der Waals surface area contributed by atoms with Gasteiger partial charge in [0.2, 0.25) is 5.91 Å². The highest BCUT2D eigenvalue weighted by atomic mass is 19.1. The van der Waals surface area contributed by atoms with Gasteiger partial charge in [-0.2, -0.15) is 0 Å². The third kappa shape index (κ3) is 4.99. The molecule has 22 heavy (non-hydrogen) atoms. The fourth-order valence-electron chi connectivity index (χ4n) is 2.47. The van der Waals surface area contributed by atoms with E-state index in [-0.39, 0.29) is 24.2 Å². The number of hydrogen-bond donors (Lipinski definition) is 1. The third-order valence-electron chi connectivity index (χ3n) is 3.52. The van der Waals surface area contributed by atoms with Gasteiger partial charge in [0.05, 0.1) is 12.5 Å². The third-order valence-corrected chi connectivity index (χ3v) is 3.52. The van der Waals surface area contributed by atoms with Crippen molar-refractivity contribution < 1.29 is 9.18 Å². The summed E-state index contributed by atoms with van der Waals surface area (Å²) in [4.78, 5) is 12.3. The molecule has 0 aliphatic carbocycles. The summed E-state index contributed by atoms with van der Waals surface area (Å²) in [5.41, 5.74) is 1.93. The van der Waals surface area contributed by atoms with Crippen molar-refractivity contribution in [2.45, 2.75) is 32.7 Å². The zero-order chi connectivity index (χ0) is 15.9. The number of nitrogens with one attached hydrogen (secondary N) is 1. The molecule has 0 aliphatic heterocycles. The Labute approximate surface area is 131 Å². The van der Waals surface area contributed by atoms with Crippen LogP contribution in [0.2, 0.25) is 0 Å². The molecule has 3 heteroatoms. The molecule has 2 aromatic rings. The molecule has 0 aromatic heterocycles. The minimum Gasteiger partial charge on any atom is -0.349 e. The van der Waals surface area contributed by atoms with Crippen LogP contribution >= 0.6 is 0 Å². The number of benzene rings is 2. The quantitative estimate of drug-likeness (QED) is 0.848. The van der Waals surface area contributed by atoms with E-state index in [1.54, 1.807) is 12.1 Å². The molecule has 1 N–H and O–H groups in total. The number of amides is 1. The van der Waals surface area contributed by atoms with Gasteiger partial charge < -0.3 is 5.32 Å². The molecule has 2 rings (SSSR count).